The van der Waals surface area contributed by atoms with E-state index in [1.165, 1.54) is 30.3 Å². The molecule has 0 amide bonds. The predicted octanol–water partition coefficient (Wildman–Crippen LogP) is 2.56. The van der Waals surface area contributed by atoms with Crippen molar-refractivity contribution < 1.29 is 17.7 Å². The zero-order valence-electron chi connectivity index (χ0n) is 10.9. The van der Waals surface area contributed by atoms with Gasteiger partial charge < -0.3 is 0 Å². The first-order chi connectivity index (χ1) is 9.85. The van der Waals surface area contributed by atoms with Crippen LogP contribution in [-0.2, 0) is 10.0 Å². The molecule has 0 aliphatic heterocycles. The number of halogens is 1. The predicted molar refractivity (Wildman–Crippen MR) is 75.1 cm³/mol. The SMILES string of the molecule is CN(c1ccccc1F)S(=O)(=O)c1ccccc1[N+](=O)[O-]. The smallest absolute Gasteiger partial charge is 0.266 e. The Morgan fingerprint density at radius 3 is 2.29 bits per heavy atom. The summed E-state index contributed by atoms with van der Waals surface area (Å²) in [7, 11) is -3.10. The average Bonchev–Trinajstić information content (AvgIpc) is 2.47. The summed E-state index contributed by atoms with van der Waals surface area (Å²) < 4.78 is 39.3. The maximum Gasteiger partial charge on any atom is 0.289 e. The summed E-state index contributed by atoms with van der Waals surface area (Å²) in [5.74, 6) is -0.734. The maximum absolute atomic E-state index is 13.7. The molecule has 2 aromatic carbocycles. The van der Waals surface area contributed by atoms with Crippen molar-refractivity contribution >= 4 is 21.4 Å². The van der Waals surface area contributed by atoms with Crippen molar-refractivity contribution in [2.24, 2.45) is 0 Å². The molecule has 8 heteroatoms. The molecule has 0 N–H and O–H groups in total. The first kappa shape index (κ1) is 14.9. The highest BCUT2D eigenvalue weighted by molar-refractivity contribution is 7.93. The molecule has 21 heavy (non-hydrogen) atoms. The molecule has 0 saturated carbocycles. The third-order valence-electron chi connectivity index (χ3n) is 2.89. The van der Waals surface area contributed by atoms with Crippen LogP contribution < -0.4 is 4.31 Å². The van der Waals surface area contributed by atoms with Crippen LogP contribution >= 0.6 is 0 Å². The monoisotopic (exact) mass is 310 g/mol. The lowest BCUT2D eigenvalue weighted by atomic mass is 10.3. The van der Waals surface area contributed by atoms with Crippen molar-refractivity contribution in [2.75, 3.05) is 11.4 Å². The third-order valence-corrected chi connectivity index (χ3v) is 4.71. The Hall–Kier alpha value is -2.48. The van der Waals surface area contributed by atoms with Crippen LogP contribution in [0.3, 0.4) is 0 Å². The molecular weight excluding hydrogens is 299 g/mol. The minimum Gasteiger partial charge on any atom is -0.266 e. The highest BCUT2D eigenvalue weighted by atomic mass is 32.2. The van der Waals surface area contributed by atoms with Gasteiger partial charge in [0.1, 0.15) is 5.82 Å². The Bertz CT molecular complexity index is 792. The zero-order chi connectivity index (χ0) is 15.6. The normalized spacial score (nSPS) is 11.1. The molecule has 0 bridgehead atoms. The summed E-state index contributed by atoms with van der Waals surface area (Å²) in [4.78, 5) is 9.67. The summed E-state index contributed by atoms with van der Waals surface area (Å²) >= 11 is 0. The molecule has 0 radical (unpaired) electrons. The van der Waals surface area contributed by atoms with Crippen LogP contribution in [0, 0.1) is 15.9 Å². The van der Waals surface area contributed by atoms with Gasteiger partial charge in [0.15, 0.2) is 4.90 Å². The van der Waals surface area contributed by atoms with Crippen molar-refractivity contribution in [3.8, 4) is 0 Å². The lowest BCUT2D eigenvalue weighted by Crippen LogP contribution is -2.28. The van der Waals surface area contributed by atoms with Crippen molar-refractivity contribution in [3.63, 3.8) is 0 Å². The van der Waals surface area contributed by atoms with Crippen molar-refractivity contribution in [3.05, 3.63) is 64.5 Å². The number of nitro groups is 1. The molecule has 0 saturated heterocycles. The number of nitro benzene ring substituents is 1. The zero-order valence-corrected chi connectivity index (χ0v) is 11.7. The van der Waals surface area contributed by atoms with Gasteiger partial charge in [-0.15, -0.1) is 0 Å². The number of hydrogen-bond acceptors (Lipinski definition) is 4. The number of rotatable bonds is 4. The van der Waals surface area contributed by atoms with Crippen molar-refractivity contribution in [1.29, 1.82) is 0 Å². The topological polar surface area (TPSA) is 80.5 Å². The number of hydrogen-bond donors (Lipinski definition) is 0. The van der Waals surface area contributed by atoms with E-state index in [4.69, 9.17) is 0 Å². The fourth-order valence-electron chi connectivity index (χ4n) is 1.81. The van der Waals surface area contributed by atoms with Crippen LogP contribution in [-0.4, -0.2) is 20.4 Å². The second kappa shape index (κ2) is 5.49. The molecule has 110 valence electrons. The van der Waals surface area contributed by atoms with Crippen LogP contribution in [0.5, 0.6) is 0 Å². The van der Waals surface area contributed by atoms with Crippen LogP contribution in [0.25, 0.3) is 0 Å². The highest BCUT2D eigenvalue weighted by Gasteiger charge is 2.30. The van der Waals surface area contributed by atoms with Gasteiger partial charge in [-0.25, -0.2) is 12.8 Å². The molecule has 0 fully saturated rings. The van der Waals surface area contributed by atoms with Crippen LogP contribution in [0.2, 0.25) is 0 Å². The molecule has 2 rings (SSSR count). The highest BCUT2D eigenvalue weighted by Crippen LogP contribution is 2.29. The molecule has 2 aromatic rings. The van der Waals surface area contributed by atoms with Crippen molar-refractivity contribution in [1.82, 2.24) is 0 Å². The molecule has 0 spiro atoms. The molecule has 0 heterocycles. The number of sulfonamides is 1. The van der Waals surface area contributed by atoms with E-state index in [1.54, 1.807) is 0 Å². The Morgan fingerprint density at radius 1 is 1.10 bits per heavy atom. The number of para-hydroxylation sites is 2. The minimum absolute atomic E-state index is 0.185. The van der Waals surface area contributed by atoms with Gasteiger partial charge in [-0.05, 0) is 18.2 Å². The van der Waals surface area contributed by atoms with E-state index in [-0.39, 0.29) is 5.69 Å². The van der Waals surface area contributed by atoms with Crippen LogP contribution in [0.1, 0.15) is 0 Å². The number of benzene rings is 2. The van der Waals surface area contributed by atoms with Gasteiger partial charge >= 0.3 is 0 Å². The lowest BCUT2D eigenvalue weighted by molar-refractivity contribution is -0.387. The first-order valence-electron chi connectivity index (χ1n) is 5.82. The number of anilines is 1. The molecule has 6 nitrogen and oxygen atoms in total. The lowest BCUT2D eigenvalue weighted by Gasteiger charge is -2.19. The summed E-state index contributed by atoms with van der Waals surface area (Å²) in [6.45, 7) is 0. The molecule has 0 atom stereocenters. The summed E-state index contributed by atoms with van der Waals surface area (Å²) in [5, 5.41) is 10.9. The second-order valence-corrected chi connectivity index (χ2v) is 6.09. The van der Waals surface area contributed by atoms with Crippen LogP contribution in [0.4, 0.5) is 15.8 Å². The first-order valence-corrected chi connectivity index (χ1v) is 7.26. The summed E-state index contributed by atoms with van der Waals surface area (Å²) in [6.07, 6.45) is 0. The van der Waals surface area contributed by atoms with E-state index < -0.39 is 31.3 Å². The van der Waals surface area contributed by atoms with E-state index in [2.05, 4.69) is 0 Å². The van der Waals surface area contributed by atoms with Gasteiger partial charge in [0.05, 0.1) is 10.6 Å². The minimum atomic E-state index is -4.24. The van der Waals surface area contributed by atoms with E-state index in [0.717, 1.165) is 25.2 Å². The van der Waals surface area contributed by atoms with Gasteiger partial charge in [-0.2, -0.15) is 0 Å². The van der Waals surface area contributed by atoms with E-state index in [9.17, 15) is 22.9 Å². The Kier molecular flexibility index (Phi) is 3.90. The average molecular weight is 310 g/mol. The Balaban J connectivity index is 2.58. The van der Waals surface area contributed by atoms with Gasteiger partial charge in [-0.1, -0.05) is 24.3 Å². The second-order valence-electron chi connectivity index (χ2n) is 4.15. The van der Waals surface area contributed by atoms with Gasteiger partial charge in [0.2, 0.25) is 0 Å². The Labute approximate surface area is 120 Å². The standard InChI is InChI=1S/C13H11FN2O4S/c1-15(11-7-3-2-6-10(11)14)21(19,20)13-9-5-4-8-12(13)16(17)18/h2-9H,1H3. The molecule has 0 unspecified atom stereocenters. The largest absolute Gasteiger partial charge is 0.289 e. The number of nitrogens with zero attached hydrogens (tertiary/aromatic N) is 2. The molecule has 0 aliphatic rings. The van der Waals surface area contributed by atoms with Gasteiger partial charge in [0.25, 0.3) is 15.7 Å². The molecule has 0 aliphatic carbocycles. The summed E-state index contributed by atoms with van der Waals surface area (Å²) in [5.41, 5.74) is -0.739. The van der Waals surface area contributed by atoms with Crippen LogP contribution in [0.15, 0.2) is 53.4 Å². The fourth-order valence-corrected chi connectivity index (χ4v) is 3.17. The van der Waals surface area contributed by atoms with Gasteiger partial charge in [0, 0.05) is 13.1 Å². The van der Waals surface area contributed by atoms with Crippen molar-refractivity contribution in [2.45, 2.75) is 4.90 Å². The molecule has 0 aromatic heterocycles. The van der Waals surface area contributed by atoms with E-state index in [1.807, 2.05) is 0 Å². The third kappa shape index (κ3) is 2.70. The quantitative estimate of drug-likeness (QED) is 0.642. The van der Waals surface area contributed by atoms with E-state index in [0.29, 0.717) is 4.31 Å². The van der Waals surface area contributed by atoms with E-state index >= 15 is 0 Å². The van der Waals surface area contributed by atoms with Gasteiger partial charge in [-0.3, -0.25) is 14.4 Å². The fraction of sp³-hybridized carbons (Fsp3) is 0.0769. The summed E-state index contributed by atoms with van der Waals surface area (Å²) in [6, 6.07) is 10.2. The maximum atomic E-state index is 13.7. The Morgan fingerprint density at radius 2 is 1.67 bits per heavy atom. The molecular formula is C13H11FN2O4S.